The normalized spacial score (nSPS) is 16.2. The molecule has 2 aromatic carbocycles. The van der Waals surface area contributed by atoms with Crippen molar-refractivity contribution in [3.05, 3.63) is 66.6 Å². The highest BCUT2D eigenvalue weighted by atomic mass is 32.2. The van der Waals surface area contributed by atoms with E-state index in [1.807, 2.05) is 12.1 Å². The monoisotopic (exact) mass is 369 g/mol. The number of aromatic nitrogens is 2. The summed E-state index contributed by atoms with van der Waals surface area (Å²) in [5.74, 6) is 1.36. The molecule has 26 heavy (non-hydrogen) atoms. The van der Waals surface area contributed by atoms with Crippen LogP contribution < -0.4 is 15.2 Å². The summed E-state index contributed by atoms with van der Waals surface area (Å²) in [6.45, 7) is 0.210. The number of nitrogens with two attached hydrogens (primary N) is 1. The molecule has 0 saturated carbocycles. The van der Waals surface area contributed by atoms with Crippen molar-refractivity contribution in [1.29, 1.82) is 0 Å². The van der Waals surface area contributed by atoms with Crippen LogP contribution in [0.5, 0.6) is 11.5 Å². The molecule has 0 saturated heterocycles. The van der Waals surface area contributed by atoms with Gasteiger partial charge in [-0.05, 0) is 24.3 Å². The first-order valence-electron chi connectivity index (χ1n) is 7.87. The summed E-state index contributed by atoms with van der Waals surface area (Å²) < 4.78 is 36.8. The number of para-hydroxylation sites is 2. The quantitative estimate of drug-likeness (QED) is 0.756. The summed E-state index contributed by atoms with van der Waals surface area (Å²) in [6.07, 6.45) is 0.643. The lowest BCUT2D eigenvalue weighted by molar-refractivity contribution is 0.0850. The Morgan fingerprint density at radius 2 is 1.69 bits per heavy atom. The number of sulfone groups is 1. The van der Waals surface area contributed by atoms with Crippen molar-refractivity contribution < 1.29 is 17.9 Å². The largest absolute Gasteiger partial charge is 0.485 e. The molecule has 2 heterocycles. The summed E-state index contributed by atoms with van der Waals surface area (Å²) >= 11 is 0. The molecule has 8 heteroatoms. The third kappa shape index (κ3) is 2.84. The fourth-order valence-electron chi connectivity index (χ4n) is 2.63. The number of rotatable bonds is 3. The molecule has 2 N–H and O–H groups in total. The highest BCUT2D eigenvalue weighted by molar-refractivity contribution is 7.91. The number of nitrogen functional groups attached to an aromatic ring is 1. The first-order chi connectivity index (χ1) is 12.6. The summed E-state index contributed by atoms with van der Waals surface area (Å²) in [5.41, 5.74) is 5.92. The Labute approximate surface area is 150 Å². The maximum Gasteiger partial charge on any atom is 0.211 e. The van der Waals surface area contributed by atoms with Crippen LogP contribution in [0, 0.1) is 0 Å². The van der Waals surface area contributed by atoms with Gasteiger partial charge in [0.05, 0.1) is 11.1 Å². The average Bonchev–Trinajstić information content (AvgIpc) is 2.68. The van der Waals surface area contributed by atoms with Crippen molar-refractivity contribution >= 4 is 15.7 Å². The first kappa shape index (κ1) is 16.3. The van der Waals surface area contributed by atoms with Crippen molar-refractivity contribution in [2.45, 2.75) is 15.9 Å². The number of anilines is 1. The maximum atomic E-state index is 12.7. The molecule has 0 aliphatic carbocycles. The van der Waals surface area contributed by atoms with E-state index < -0.39 is 15.9 Å². The van der Waals surface area contributed by atoms with Crippen molar-refractivity contribution in [2.75, 3.05) is 12.3 Å². The number of fused-ring (bicyclic) bond motifs is 1. The Hall–Kier alpha value is -3.13. The smallest absolute Gasteiger partial charge is 0.211 e. The molecular formula is C18H15N3O4S. The molecule has 0 fully saturated rings. The molecule has 1 aromatic heterocycles. The zero-order chi connectivity index (χ0) is 18.1. The van der Waals surface area contributed by atoms with Gasteiger partial charge in [0.2, 0.25) is 9.84 Å². The van der Waals surface area contributed by atoms with Crippen LogP contribution in [-0.4, -0.2) is 25.0 Å². The number of benzene rings is 2. The molecular weight excluding hydrogens is 354 g/mol. The van der Waals surface area contributed by atoms with Gasteiger partial charge in [-0.3, -0.25) is 0 Å². The van der Waals surface area contributed by atoms with Crippen LogP contribution in [0.4, 0.5) is 5.82 Å². The molecule has 7 nitrogen and oxygen atoms in total. The lowest BCUT2D eigenvalue weighted by Crippen LogP contribution is -2.24. The topological polar surface area (TPSA) is 104 Å². The third-order valence-electron chi connectivity index (χ3n) is 3.94. The second-order valence-corrected chi connectivity index (χ2v) is 7.58. The van der Waals surface area contributed by atoms with E-state index in [1.54, 1.807) is 30.3 Å². The van der Waals surface area contributed by atoms with Gasteiger partial charge in [-0.25, -0.2) is 18.4 Å². The second kappa shape index (κ2) is 6.30. The van der Waals surface area contributed by atoms with Crippen LogP contribution in [-0.2, 0) is 9.84 Å². The Kier molecular flexibility index (Phi) is 3.96. The minimum Gasteiger partial charge on any atom is -0.485 e. The van der Waals surface area contributed by atoms with Crippen LogP contribution in [0.2, 0.25) is 0 Å². The van der Waals surface area contributed by atoms with Crippen molar-refractivity contribution in [2.24, 2.45) is 0 Å². The van der Waals surface area contributed by atoms with Gasteiger partial charge in [-0.2, -0.15) is 0 Å². The zero-order valence-electron chi connectivity index (χ0n) is 13.6. The lowest BCUT2D eigenvalue weighted by Gasteiger charge is -2.25. The van der Waals surface area contributed by atoms with Crippen molar-refractivity contribution in [3.8, 4) is 11.5 Å². The molecule has 0 amide bonds. The van der Waals surface area contributed by atoms with E-state index in [0.29, 0.717) is 11.5 Å². The summed E-state index contributed by atoms with van der Waals surface area (Å²) in [5, 5.41) is 0. The van der Waals surface area contributed by atoms with E-state index in [9.17, 15) is 8.42 Å². The van der Waals surface area contributed by atoms with Gasteiger partial charge in [0, 0.05) is 0 Å². The van der Waals surface area contributed by atoms with Gasteiger partial charge >= 0.3 is 0 Å². The van der Waals surface area contributed by atoms with E-state index in [0.717, 1.165) is 0 Å². The van der Waals surface area contributed by atoms with E-state index in [-0.39, 0.29) is 28.0 Å². The third-order valence-corrected chi connectivity index (χ3v) is 5.73. The maximum absolute atomic E-state index is 12.7. The minimum absolute atomic E-state index is 0.124. The van der Waals surface area contributed by atoms with Gasteiger partial charge < -0.3 is 15.2 Å². The summed E-state index contributed by atoms with van der Waals surface area (Å²) in [7, 11) is -3.79. The van der Waals surface area contributed by atoms with Gasteiger partial charge in [-0.1, -0.05) is 30.3 Å². The lowest BCUT2D eigenvalue weighted by atomic mass is 10.2. The molecule has 1 aliphatic heterocycles. The van der Waals surface area contributed by atoms with E-state index in [4.69, 9.17) is 15.2 Å². The molecule has 3 aromatic rings. The first-order valence-corrected chi connectivity index (χ1v) is 9.35. The van der Waals surface area contributed by atoms with Gasteiger partial charge in [0.25, 0.3) is 0 Å². The summed E-state index contributed by atoms with van der Waals surface area (Å²) in [4.78, 5) is 8.30. The number of hydrogen-bond donors (Lipinski definition) is 1. The van der Waals surface area contributed by atoms with Crippen LogP contribution >= 0.6 is 0 Å². The predicted octanol–water partition coefficient (Wildman–Crippen LogP) is 2.40. The van der Waals surface area contributed by atoms with E-state index >= 15 is 0 Å². The standard InChI is InChI=1S/C18H15N3O4S/c19-17-16(26(22,23)12-6-2-1-3-7-12)10-20-18(21-17)15-11-24-13-8-4-5-9-14(13)25-15/h1-10,15H,11H2,(H2,19,20,21)/t15-/m1/s1. The molecule has 0 unspecified atom stereocenters. The van der Waals surface area contributed by atoms with Gasteiger partial charge in [0.15, 0.2) is 23.4 Å². The molecule has 0 spiro atoms. The Balaban J connectivity index is 1.65. The average molecular weight is 369 g/mol. The molecule has 0 radical (unpaired) electrons. The van der Waals surface area contributed by atoms with Crippen LogP contribution in [0.3, 0.4) is 0 Å². The van der Waals surface area contributed by atoms with Crippen molar-refractivity contribution in [3.63, 3.8) is 0 Å². The highest BCUT2D eigenvalue weighted by Crippen LogP contribution is 2.35. The zero-order valence-corrected chi connectivity index (χ0v) is 14.4. The molecule has 1 atom stereocenters. The Morgan fingerprint density at radius 3 is 2.42 bits per heavy atom. The fraction of sp³-hybridized carbons (Fsp3) is 0.111. The van der Waals surface area contributed by atoms with E-state index in [2.05, 4.69) is 9.97 Å². The van der Waals surface area contributed by atoms with Gasteiger partial charge in [-0.15, -0.1) is 0 Å². The predicted molar refractivity (Wildman–Crippen MR) is 93.6 cm³/mol. The van der Waals surface area contributed by atoms with Crippen LogP contribution in [0.1, 0.15) is 11.9 Å². The van der Waals surface area contributed by atoms with Crippen LogP contribution in [0.15, 0.2) is 70.6 Å². The number of nitrogens with zero attached hydrogens (tertiary/aromatic N) is 2. The second-order valence-electron chi connectivity index (χ2n) is 5.66. The molecule has 4 rings (SSSR count). The fourth-order valence-corrected chi connectivity index (χ4v) is 3.92. The highest BCUT2D eigenvalue weighted by Gasteiger charge is 2.27. The molecule has 1 aliphatic rings. The number of hydrogen-bond acceptors (Lipinski definition) is 7. The van der Waals surface area contributed by atoms with Gasteiger partial charge in [0.1, 0.15) is 17.3 Å². The van der Waals surface area contributed by atoms with Crippen LogP contribution in [0.25, 0.3) is 0 Å². The van der Waals surface area contributed by atoms with Crippen molar-refractivity contribution in [1.82, 2.24) is 9.97 Å². The summed E-state index contributed by atoms with van der Waals surface area (Å²) in [6, 6.07) is 15.3. The number of ether oxygens (including phenoxy) is 2. The minimum atomic E-state index is -3.79. The van der Waals surface area contributed by atoms with E-state index in [1.165, 1.54) is 18.3 Å². The molecule has 0 bridgehead atoms. The SMILES string of the molecule is Nc1nc([C@H]2COc3ccccc3O2)ncc1S(=O)(=O)c1ccccc1. The Bertz CT molecular complexity index is 1060. The Morgan fingerprint density at radius 1 is 1.00 bits per heavy atom. The molecule has 132 valence electrons.